The van der Waals surface area contributed by atoms with Crippen LogP contribution in [0.5, 0.6) is 0 Å². The predicted octanol–water partition coefficient (Wildman–Crippen LogP) is 5.91. The topological polar surface area (TPSA) is 91.2 Å². The number of nitrogens with zero attached hydrogens (tertiary/aromatic N) is 3. The van der Waals surface area contributed by atoms with Gasteiger partial charge in [-0.25, -0.2) is 4.68 Å². The number of aldehydes is 1. The highest BCUT2D eigenvalue weighted by molar-refractivity contribution is 5.95. The molecule has 4 rings (SSSR count). The molecule has 7 heteroatoms. The van der Waals surface area contributed by atoms with Gasteiger partial charge in [-0.3, -0.25) is 14.4 Å². The molecule has 0 spiro atoms. The third-order valence-electron chi connectivity index (χ3n) is 8.80. The lowest BCUT2D eigenvalue weighted by Crippen LogP contribution is -2.49. The molecule has 1 unspecified atom stereocenters. The number of rotatable bonds is 10. The lowest BCUT2D eigenvalue weighted by molar-refractivity contribution is -0.144. The maximum Gasteiger partial charge on any atom is 0.310 e. The fourth-order valence-electron chi connectivity index (χ4n) is 6.86. The standard InChI is InChI=1S/C31H39N3O4/c1-22-11-14-28-30(2,3)15-8-16-31(28,4)26(22)13-12-23(20-35)17-29(37)38-21-25-18-34(33-32-25)19-27(36)24-9-6-5-7-10-24/h5-7,9-10,12,18,20,26,28H,1,8,11,13-17,19,21H2,2-4H3/b23-12+/t26?,28-,31+/m0/s1. The summed E-state index contributed by atoms with van der Waals surface area (Å²) in [6, 6.07) is 8.96. The van der Waals surface area contributed by atoms with Gasteiger partial charge in [0.1, 0.15) is 25.1 Å². The number of esters is 1. The molecule has 2 saturated carbocycles. The predicted molar refractivity (Wildman–Crippen MR) is 145 cm³/mol. The first-order valence-corrected chi connectivity index (χ1v) is 13.6. The van der Waals surface area contributed by atoms with Gasteiger partial charge < -0.3 is 4.74 Å². The average molecular weight is 518 g/mol. The Morgan fingerprint density at radius 3 is 2.68 bits per heavy atom. The van der Waals surface area contributed by atoms with Gasteiger partial charge in [0, 0.05) is 5.56 Å². The Bertz CT molecular complexity index is 1210. The van der Waals surface area contributed by atoms with Crippen LogP contribution in [0.15, 0.2) is 60.3 Å². The second kappa shape index (κ2) is 11.6. The van der Waals surface area contributed by atoms with Crippen molar-refractivity contribution < 1.29 is 19.1 Å². The Hall–Kier alpha value is -3.35. The van der Waals surface area contributed by atoms with Crippen molar-refractivity contribution in [1.29, 1.82) is 0 Å². The van der Waals surface area contributed by atoms with E-state index in [9.17, 15) is 14.4 Å². The van der Waals surface area contributed by atoms with Crippen LogP contribution in [0.2, 0.25) is 0 Å². The van der Waals surface area contributed by atoms with E-state index in [0.717, 1.165) is 12.7 Å². The minimum absolute atomic E-state index is 0.0480. The first-order valence-electron chi connectivity index (χ1n) is 13.6. The van der Waals surface area contributed by atoms with Gasteiger partial charge in [-0.1, -0.05) is 81.0 Å². The average Bonchev–Trinajstić information content (AvgIpc) is 3.33. The van der Waals surface area contributed by atoms with Crippen molar-refractivity contribution in [3.8, 4) is 0 Å². The zero-order valence-electron chi connectivity index (χ0n) is 22.8. The lowest BCUT2D eigenvalue weighted by atomic mass is 9.47. The lowest BCUT2D eigenvalue weighted by Gasteiger charge is -2.58. The molecule has 2 fully saturated rings. The van der Waals surface area contributed by atoms with E-state index in [-0.39, 0.29) is 30.8 Å². The number of carbonyl (C=O) groups excluding carboxylic acids is 3. The normalized spacial score (nSPS) is 24.9. The van der Waals surface area contributed by atoms with Crippen LogP contribution in [0.3, 0.4) is 0 Å². The molecule has 0 amide bonds. The molecular weight excluding hydrogens is 478 g/mol. The molecule has 202 valence electrons. The van der Waals surface area contributed by atoms with Gasteiger partial charge in [-0.05, 0) is 60.3 Å². The highest BCUT2D eigenvalue weighted by Crippen LogP contribution is 2.61. The van der Waals surface area contributed by atoms with Crippen LogP contribution < -0.4 is 0 Å². The van der Waals surface area contributed by atoms with Gasteiger partial charge in [0.05, 0.1) is 12.6 Å². The number of ketones is 1. The van der Waals surface area contributed by atoms with E-state index in [4.69, 9.17) is 4.74 Å². The molecule has 1 heterocycles. The van der Waals surface area contributed by atoms with Crippen molar-refractivity contribution in [3.05, 3.63) is 71.6 Å². The molecule has 1 aromatic heterocycles. The van der Waals surface area contributed by atoms with Crippen LogP contribution in [-0.2, 0) is 27.5 Å². The third-order valence-corrected chi connectivity index (χ3v) is 8.80. The van der Waals surface area contributed by atoms with Crippen LogP contribution in [0, 0.1) is 22.7 Å². The zero-order chi connectivity index (χ0) is 27.3. The van der Waals surface area contributed by atoms with Crippen molar-refractivity contribution >= 4 is 18.0 Å². The summed E-state index contributed by atoms with van der Waals surface area (Å²) >= 11 is 0. The third kappa shape index (κ3) is 6.20. The Kier molecular flexibility index (Phi) is 8.44. The van der Waals surface area contributed by atoms with Crippen LogP contribution in [0.25, 0.3) is 0 Å². The van der Waals surface area contributed by atoms with Crippen molar-refractivity contribution in [2.45, 2.75) is 78.9 Å². The van der Waals surface area contributed by atoms with Crippen LogP contribution in [0.1, 0.15) is 81.8 Å². The molecule has 2 aromatic rings. The number of hydrogen-bond donors (Lipinski definition) is 0. The minimum atomic E-state index is -0.497. The number of carbonyl (C=O) groups is 3. The Morgan fingerprint density at radius 1 is 1.18 bits per heavy atom. The summed E-state index contributed by atoms with van der Waals surface area (Å²) in [5.74, 6) is 0.357. The fraction of sp³-hybridized carbons (Fsp3) is 0.516. The number of aromatic nitrogens is 3. The van der Waals surface area contributed by atoms with E-state index >= 15 is 0 Å². The number of benzene rings is 1. The molecule has 2 aliphatic carbocycles. The highest BCUT2D eigenvalue weighted by atomic mass is 16.5. The molecule has 1 aromatic carbocycles. The van der Waals surface area contributed by atoms with E-state index in [1.54, 1.807) is 30.5 Å². The van der Waals surface area contributed by atoms with Crippen molar-refractivity contribution in [3.63, 3.8) is 0 Å². The van der Waals surface area contributed by atoms with Crippen molar-refractivity contribution in [1.82, 2.24) is 15.0 Å². The first kappa shape index (κ1) is 27.7. The number of fused-ring (bicyclic) bond motifs is 1. The van der Waals surface area contributed by atoms with Crippen molar-refractivity contribution in [2.75, 3.05) is 0 Å². The van der Waals surface area contributed by atoms with Crippen LogP contribution in [-0.4, -0.2) is 33.0 Å². The van der Waals surface area contributed by atoms with E-state index in [0.29, 0.717) is 40.5 Å². The molecule has 2 aliphatic rings. The molecule has 0 aliphatic heterocycles. The summed E-state index contributed by atoms with van der Waals surface area (Å²) < 4.78 is 6.78. The molecular formula is C31H39N3O4. The Balaban J connectivity index is 1.31. The Labute approximate surface area is 225 Å². The number of allylic oxidation sites excluding steroid dienone is 2. The van der Waals surface area contributed by atoms with Gasteiger partial charge in [0.15, 0.2) is 5.78 Å². The highest BCUT2D eigenvalue weighted by Gasteiger charge is 2.52. The quantitative estimate of drug-likeness (QED) is 0.128. The van der Waals surface area contributed by atoms with Gasteiger partial charge in [-0.15, -0.1) is 5.10 Å². The van der Waals surface area contributed by atoms with Crippen LogP contribution >= 0.6 is 0 Å². The summed E-state index contributed by atoms with van der Waals surface area (Å²) in [6.07, 6.45) is 10.7. The first-order chi connectivity index (χ1) is 18.1. The largest absolute Gasteiger partial charge is 0.459 e. The summed E-state index contributed by atoms with van der Waals surface area (Å²) in [5.41, 5.74) is 3.20. The number of hydrogen-bond acceptors (Lipinski definition) is 6. The molecule has 0 N–H and O–H groups in total. The summed E-state index contributed by atoms with van der Waals surface area (Å²) in [4.78, 5) is 36.7. The van der Waals surface area contributed by atoms with E-state index in [2.05, 4.69) is 37.7 Å². The molecule has 3 atom stereocenters. The van der Waals surface area contributed by atoms with Gasteiger partial charge >= 0.3 is 5.97 Å². The molecule has 0 saturated heterocycles. The van der Waals surface area contributed by atoms with Crippen LogP contribution in [0.4, 0.5) is 0 Å². The molecule has 0 bridgehead atoms. The summed E-state index contributed by atoms with van der Waals surface area (Å²) in [6.45, 7) is 11.6. The van der Waals surface area contributed by atoms with E-state index in [1.165, 1.54) is 35.9 Å². The van der Waals surface area contributed by atoms with E-state index in [1.807, 2.05) is 12.1 Å². The zero-order valence-corrected chi connectivity index (χ0v) is 22.8. The maximum atomic E-state index is 12.5. The van der Waals surface area contributed by atoms with E-state index < -0.39 is 5.97 Å². The fourth-order valence-corrected chi connectivity index (χ4v) is 6.86. The van der Waals surface area contributed by atoms with Gasteiger partial charge in [-0.2, -0.15) is 0 Å². The maximum absolute atomic E-state index is 12.5. The Morgan fingerprint density at radius 2 is 1.95 bits per heavy atom. The number of Topliss-reactive ketones (excluding diaryl/α,β-unsaturated/α-hetero) is 1. The second-order valence-corrected chi connectivity index (χ2v) is 11.8. The van der Waals surface area contributed by atoms with Gasteiger partial charge in [0.2, 0.25) is 0 Å². The SMILES string of the molecule is C=C1CC[C@H]2C(C)(C)CCC[C@]2(C)C1C/C=C(/C=O)CC(=O)OCc1cn(CC(=O)c2ccccc2)nn1. The minimum Gasteiger partial charge on any atom is -0.459 e. The van der Waals surface area contributed by atoms with Crippen molar-refractivity contribution in [2.24, 2.45) is 22.7 Å². The number of ether oxygens (including phenoxy) is 1. The molecule has 7 nitrogen and oxygen atoms in total. The monoisotopic (exact) mass is 517 g/mol. The smallest absolute Gasteiger partial charge is 0.310 e. The molecule has 0 radical (unpaired) electrons. The summed E-state index contributed by atoms with van der Waals surface area (Å²) in [7, 11) is 0. The summed E-state index contributed by atoms with van der Waals surface area (Å²) in [5, 5.41) is 7.94. The molecule has 38 heavy (non-hydrogen) atoms. The van der Waals surface area contributed by atoms with Gasteiger partial charge in [0.25, 0.3) is 0 Å². The second-order valence-electron chi connectivity index (χ2n) is 11.8.